The van der Waals surface area contributed by atoms with Gasteiger partial charge in [0.2, 0.25) is 0 Å². The van der Waals surface area contributed by atoms with Gasteiger partial charge in [-0.05, 0) is 45.0 Å². The minimum absolute atomic E-state index is 0.112. The molecule has 0 radical (unpaired) electrons. The van der Waals surface area contributed by atoms with Gasteiger partial charge in [0.15, 0.2) is 0 Å². The van der Waals surface area contributed by atoms with Crippen LogP contribution in [-0.4, -0.2) is 48.6 Å². The molecule has 0 aliphatic carbocycles. The summed E-state index contributed by atoms with van der Waals surface area (Å²) >= 11 is 3.71. The molecule has 0 amide bonds. The van der Waals surface area contributed by atoms with Gasteiger partial charge >= 0.3 is 0 Å². The average Bonchev–Trinajstić information content (AvgIpc) is 2.63. The molecule has 21 heavy (non-hydrogen) atoms. The predicted octanol–water partition coefficient (Wildman–Crippen LogP) is 3.25. The number of nitrogens with two attached hydrogens (primary N) is 1. The predicted molar refractivity (Wildman–Crippen MR) is 93.4 cm³/mol. The van der Waals surface area contributed by atoms with Crippen molar-refractivity contribution in [2.24, 2.45) is 5.73 Å². The first-order chi connectivity index (χ1) is 10.0. The van der Waals surface area contributed by atoms with Crippen molar-refractivity contribution in [3.05, 3.63) is 34.3 Å². The Morgan fingerprint density at radius 3 is 2.67 bits per heavy atom. The van der Waals surface area contributed by atoms with Gasteiger partial charge < -0.3 is 10.6 Å². The molecule has 0 saturated carbocycles. The van der Waals surface area contributed by atoms with E-state index in [1.165, 1.54) is 23.0 Å². The Bertz CT molecular complexity index is 449. The first kappa shape index (κ1) is 16.9. The van der Waals surface area contributed by atoms with Crippen molar-refractivity contribution < 1.29 is 0 Å². The molecule has 3 atom stereocenters. The highest BCUT2D eigenvalue weighted by Crippen LogP contribution is 2.33. The van der Waals surface area contributed by atoms with Crippen molar-refractivity contribution in [3.63, 3.8) is 0 Å². The Hall–Kier alpha value is -0.420. The molecule has 1 fully saturated rings. The first-order valence-corrected chi connectivity index (χ1v) is 8.78. The highest BCUT2D eigenvalue weighted by Gasteiger charge is 2.32. The first-order valence-electron chi connectivity index (χ1n) is 7.98. The van der Waals surface area contributed by atoms with E-state index in [1.54, 1.807) is 0 Å². The lowest BCUT2D eigenvalue weighted by atomic mass is 9.96. The third-order valence-electron chi connectivity index (χ3n) is 4.50. The van der Waals surface area contributed by atoms with Crippen LogP contribution in [0.3, 0.4) is 0 Å². The van der Waals surface area contributed by atoms with Crippen LogP contribution in [0.15, 0.2) is 28.7 Å². The van der Waals surface area contributed by atoms with Crippen molar-refractivity contribution in [3.8, 4) is 0 Å². The third kappa shape index (κ3) is 4.07. The van der Waals surface area contributed by atoms with E-state index < -0.39 is 0 Å². The van der Waals surface area contributed by atoms with E-state index in [-0.39, 0.29) is 12.1 Å². The molecule has 1 heterocycles. The van der Waals surface area contributed by atoms with Crippen LogP contribution in [0.5, 0.6) is 0 Å². The maximum atomic E-state index is 6.39. The molecule has 3 nitrogen and oxygen atoms in total. The van der Waals surface area contributed by atoms with Gasteiger partial charge in [-0.25, -0.2) is 0 Å². The zero-order chi connectivity index (χ0) is 15.4. The molecule has 2 N–H and O–H groups in total. The van der Waals surface area contributed by atoms with Gasteiger partial charge in [-0.2, -0.15) is 0 Å². The van der Waals surface area contributed by atoms with E-state index in [0.29, 0.717) is 6.04 Å². The Labute approximate surface area is 137 Å². The highest BCUT2D eigenvalue weighted by atomic mass is 79.9. The fraction of sp³-hybridized carbons (Fsp3) is 0.647. The quantitative estimate of drug-likeness (QED) is 0.901. The second kappa shape index (κ2) is 7.73. The Morgan fingerprint density at radius 2 is 2.05 bits per heavy atom. The molecule has 0 spiro atoms. The molecule has 1 aliphatic rings. The number of hydrogen-bond acceptors (Lipinski definition) is 3. The summed E-state index contributed by atoms with van der Waals surface area (Å²) in [6, 6.07) is 9.47. The Morgan fingerprint density at radius 1 is 1.33 bits per heavy atom. The number of hydrogen-bond donors (Lipinski definition) is 1. The van der Waals surface area contributed by atoms with Crippen molar-refractivity contribution in [1.82, 2.24) is 9.80 Å². The van der Waals surface area contributed by atoms with Crippen molar-refractivity contribution >= 4 is 15.9 Å². The van der Waals surface area contributed by atoms with Gasteiger partial charge in [0.05, 0.1) is 6.04 Å². The molecule has 1 aliphatic heterocycles. The van der Waals surface area contributed by atoms with Crippen LogP contribution in [0.2, 0.25) is 0 Å². The molecule has 1 aromatic rings. The van der Waals surface area contributed by atoms with E-state index in [2.05, 4.69) is 70.9 Å². The smallest absolute Gasteiger partial charge is 0.0511 e. The van der Waals surface area contributed by atoms with Crippen LogP contribution in [0.25, 0.3) is 0 Å². The third-order valence-corrected chi connectivity index (χ3v) is 5.22. The highest BCUT2D eigenvalue weighted by molar-refractivity contribution is 9.10. The van der Waals surface area contributed by atoms with Crippen molar-refractivity contribution in [2.45, 2.75) is 44.8 Å². The van der Waals surface area contributed by atoms with Gasteiger partial charge in [0, 0.05) is 29.6 Å². The number of rotatable bonds is 4. The number of likely N-dealkylation sites (N-methyl/N-ethyl adjacent to an activating group) is 1. The summed E-state index contributed by atoms with van der Waals surface area (Å²) in [6.45, 7) is 7.84. The van der Waals surface area contributed by atoms with Gasteiger partial charge in [0.1, 0.15) is 0 Å². The molecule has 4 heteroatoms. The van der Waals surface area contributed by atoms with Crippen LogP contribution in [-0.2, 0) is 0 Å². The second-order valence-corrected chi connectivity index (χ2v) is 7.10. The van der Waals surface area contributed by atoms with E-state index in [0.717, 1.165) is 19.5 Å². The van der Waals surface area contributed by atoms with Crippen LogP contribution in [0, 0.1) is 0 Å². The van der Waals surface area contributed by atoms with Crippen LogP contribution < -0.4 is 5.73 Å². The topological polar surface area (TPSA) is 32.5 Å². The summed E-state index contributed by atoms with van der Waals surface area (Å²) < 4.78 is 1.17. The molecule has 118 valence electrons. The van der Waals surface area contributed by atoms with E-state index in [9.17, 15) is 0 Å². The molecule has 1 saturated heterocycles. The summed E-state index contributed by atoms with van der Waals surface area (Å²) in [6.07, 6.45) is 2.37. The van der Waals surface area contributed by atoms with E-state index in [4.69, 9.17) is 5.73 Å². The lowest BCUT2D eigenvalue weighted by Crippen LogP contribution is -2.47. The largest absolute Gasteiger partial charge is 0.326 e. The lowest BCUT2D eigenvalue weighted by molar-refractivity contribution is 0.113. The standard InChI is InChI=1S/C17H28BrN3/c1-4-14-12-20(3)10-7-11-21(14)17(13(2)19)15-8-5-6-9-16(15)18/h5-6,8-9,13-14,17H,4,7,10-12,19H2,1-3H3. The normalized spacial score (nSPS) is 24.5. The monoisotopic (exact) mass is 353 g/mol. The minimum Gasteiger partial charge on any atom is -0.326 e. The average molecular weight is 354 g/mol. The van der Waals surface area contributed by atoms with Gasteiger partial charge in [-0.15, -0.1) is 0 Å². The van der Waals surface area contributed by atoms with Crippen LogP contribution >= 0.6 is 15.9 Å². The molecule has 0 aromatic heterocycles. The summed E-state index contributed by atoms with van der Waals surface area (Å²) in [4.78, 5) is 5.08. The Balaban J connectivity index is 2.34. The van der Waals surface area contributed by atoms with E-state index >= 15 is 0 Å². The fourth-order valence-electron chi connectivity index (χ4n) is 3.47. The molecular formula is C17H28BrN3. The SMILES string of the molecule is CCC1CN(C)CCCN1C(c1ccccc1Br)C(C)N. The summed E-state index contributed by atoms with van der Waals surface area (Å²) in [5.41, 5.74) is 7.71. The summed E-state index contributed by atoms with van der Waals surface area (Å²) in [5.74, 6) is 0. The number of benzene rings is 1. The number of nitrogens with zero attached hydrogens (tertiary/aromatic N) is 2. The molecule has 3 unspecified atom stereocenters. The van der Waals surface area contributed by atoms with Gasteiger partial charge in [-0.3, -0.25) is 4.90 Å². The maximum absolute atomic E-state index is 6.39. The van der Waals surface area contributed by atoms with Crippen molar-refractivity contribution in [2.75, 3.05) is 26.7 Å². The number of halogens is 1. The Kier molecular flexibility index (Phi) is 6.23. The fourth-order valence-corrected chi connectivity index (χ4v) is 3.99. The summed E-state index contributed by atoms with van der Waals surface area (Å²) in [5, 5.41) is 0. The summed E-state index contributed by atoms with van der Waals surface area (Å²) in [7, 11) is 2.23. The minimum atomic E-state index is 0.112. The van der Waals surface area contributed by atoms with Crippen molar-refractivity contribution in [1.29, 1.82) is 0 Å². The zero-order valence-electron chi connectivity index (χ0n) is 13.4. The van der Waals surface area contributed by atoms with Crippen LogP contribution in [0.4, 0.5) is 0 Å². The maximum Gasteiger partial charge on any atom is 0.0511 e. The van der Waals surface area contributed by atoms with Gasteiger partial charge in [-0.1, -0.05) is 41.1 Å². The van der Waals surface area contributed by atoms with Crippen LogP contribution in [0.1, 0.15) is 38.3 Å². The molecule has 2 rings (SSSR count). The molecule has 1 aromatic carbocycles. The molecule has 0 bridgehead atoms. The molecular weight excluding hydrogens is 326 g/mol. The zero-order valence-corrected chi connectivity index (χ0v) is 15.0. The van der Waals surface area contributed by atoms with E-state index in [1.807, 2.05) is 0 Å². The lowest BCUT2D eigenvalue weighted by Gasteiger charge is -2.39. The second-order valence-electron chi connectivity index (χ2n) is 6.24. The van der Waals surface area contributed by atoms with Gasteiger partial charge in [0.25, 0.3) is 0 Å².